The first-order chi connectivity index (χ1) is 7.35. The van der Waals surface area contributed by atoms with E-state index in [-0.39, 0.29) is 11.0 Å². The smallest absolute Gasteiger partial charge is 0.184 e. The van der Waals surface area contributed by atoms with Crippen LogP contribution in [0, 0.1) is 23.2 Å². The molecule has 0 radical (unpaired) electrons. The van der Waals surface area contributed by atoms with Crippen molar-refractivity contribution in [1.82, 2.24) is 5.43 Å². The van der Waals surface area contributed by atoms with E-state index in [9.17, 15) is 4.79 Å². The van der Waals surface area contributed by atoms with Crippen LogP contribution in [0.2, 0.25) is 0 Å². The van der Waals surface area contributed by atoms with Crippen molar-refractivity contribution in [2.24, 2.45) is 34.0 Å². The minimum atomic E-state index is -0.0400. The van der Waals surface area contributed by atoms with Gasteiger partial charge >= 0.3 is 0 Å². The first-order valence-electron chi connectivity index (χ1n) is 5.48. The minimum Gasteiger partial charge on any atom is -0.375 e. The summed E-state index contributed by atoms with van der Waals surface area (Å²) < 4.78 is 0. The minimum absolute atomic E-state index is 0.0400. The fraction of sp³-hybridized carbons (Fsp3) is 0.727. The second kappa shape index (κ2) is 3.52. The Bertz CT molecular complexity index is 389. The highest BCUT2D eigenvalue weighted by Gasteiger charge is 2.67. The Morgan fingerprint density at radius 3 is 2.75 bits per heavy atom. The van der Waals surface area contributed by atoms with Gasteiger partial charge in [-0.25, -0.2) is 0 Å². The standard InChI is InChI=1S/C11H17N3OS/c1-5(13-14-10(12)16)8-7(15)4-6-9(8)11(6,2)3/h6,8-9H,4H2,1-3H3,(H3,12,14,16)/b13-5-. The molecule has 2 rings (SSSR count). The lowest BCUT2D eigenvalue weighted by Crippen LogP contribution is -2.29. The zero-order valence-corrected chi connectivity index (χ0v) is 10.6. The van der Waals surface area contributed by atoms with E-state index in [1.807, 2.05) is 6.92 Å². The normalized spacial score (nSPS) is 35.8. The maximum Gasteiger partial charge on any atom is 0.184 e. The quantitative estimate of drug-likeness (QED) is 0.429. The average molecular weight is 239 g/mol. The van der Waals surface area contributed by atoms with Gasteiger partial charge in [0.25, 0.3) is 0 Å². The highest BCUT2D eigenvalue weighted by molar-refractivity contribution is 7.80. The number of thiocarbonyl (C=S) groups is 1. The number of hydrogen-bond donors (Lipinski definition) is 2. The molecule has 16 heavy (non-hydrogen) atoms. The molecule has 4 nitrogen and oxygen atoms in total. The van der Waals surface area contributed by atoms with Gasteiger partial charge in [-0.3, -0.25) is 10.2 Å². The van der Waals surface area contributed by atoms with Crippen LogP contribution in [0.4, 0.5) is 0 Å². The van der Waals surface area contributed by atoms with Crippen LogP contribution in [0.5, 0.6) is 0 Å². The molecule has 3 atom stereocenters. The molecule has 3 N–H and O–H groups in total. The van der Waals surface area contributed by atoms with Crippen LogP contribution in [0.3, 0.4) is 0 Å². The molecule has 2 aliphatic carbocycles. The number of ketones is 1. The molecule has 0 aromatic carbocycles. The van der Waals surface area contributed by atoms with Gasteiger partial charge < -0.3 is 5.73 Å². The summed E-state index contributed by atoms with van der Waals surface area (Å²) in [5.41, 5.74) is 8.95. The van der Waals surface area contributed by atoms with E-state index in [1.54, 1.807) is 0 Å². The Balaban J connectivity index is 2.12. The first kappa shape index (κ1) is 11.5. The fourth-order valence-corrected chi connectivity index (χ4v) is 3.13. The molecule has 2 aliphatic rings. The van der Waals surface area contributed by atoms with E-state index in [0.717, 1.165) is 5.71 Å². The monoisotopic (exact) mass is 239 g/mol. The summed E-state index contributed by atoms with van der Waals surface area (Å²) in [6, 6.07) is 0. The predicted molar refractivity (Wildman–Crippen MR) is 66.9 cm³/mol. The van der Waals surface area contributed by atoms with Crippen molar-refractivity contribution in [1.29, 1.82) is 0 Å². The highest BCUT2D eigenvalue weighted by Crippen LogP contribution is 2.68. The van der Waals surface area contributed by atoms with Crippen molar-refractivity contribution in [3.05, 3.63) is 0 Å². The summed E-state index contributed by atoms with van der Waals surface area (Å²) >= 11 is 4.68. The Hall–Kier alpha value is -0.970. The molecular formula is C11H17N3OS. The summed E-state index contributed by atoms with van der Waals surface area (Å²) in [5.74, 6) is 1.26. The molecule has 0 amide bonds. The van der Waals surface area contributed by atoms with Crippen molar-refractivity contribution in [3.63, 3.8) is 0 Å². The number of fused-ring (bicyclic) bond motifs is 1. The number of carbonyl (C=O) groups is 1. The third-order valence-electron chi connectivity index (χ3n) is 4.06. The third-order valence-corrected chi connectivity index (χ3v) is 4.15. The third kappa shape index (κ3) is 1.63. The highest BCUT2D eigenvalue weighted by atomic mass is 32.1. The summed E-state index contributed by atoms with van der Waals surface area (Å²) in [6.07, 6.45) is 0.697. The molecule has 2 saturated carbocycles. The van der Waals surface area contributed by atoms with Crippen molar-refractivity contribution in [2.45, 2.75) is 27.2 Å². The molecule has 0 heterocycles. The second-order valence-corrected chi connectivity index (χ2v) is 5.77. The van der Waals surface area contributed by atoms with Crippen molar-refractivity contribution >= 4 is 28.8 Å². The Labute approximate surface area is 101 Å². The van der Waals surface area contributed by atoms with Crippen LogP contribution >= 0.6 is 12.2 Å². The number of nitrogens with two attached hydrogens (primary N) is 1. The van der Waals surface area contributed by atoms with Gasteiger partial charge in [0.15, 0.2) is 5.11 Å². The largest absolute Gasteiger partial charge is 0.375 e. The summed E-state index contributed by atoms with van der Waals surface area (Å²) in [4.78, 5) is 11.8. The lowest BCUT2D eigenvalue weighted by atomic mass is 9.89. The van der Waals surface area contributed by atoms with Gasteiger partial charge in [0, 0.05) is 12.1 Å². The first-order valence-corrected chi connectivity index (χ1v) is 5.89. The van der Waals surface area contributed by atoms with E-state index in [0.29, 0.717) is 29.5 Å². The van der Waals surface area contributed by atoms with Crippen molar-refractivity contribution in [2.75, 3.05) is 0 Å². The van der Waals surface area contributed by atoms with Crippen LogP contribution in [-0.4, -0.2) is 16.6 Å². The van der Waals surface area contributed by atoms with E-state index < -0.39 is 0 Å². The molecule has 0 saturated heterocycles. The maximum absolute atomic E-state index is 11.8. The Kier molecular flexibility index (Phi) is 2.53. The maximum atomic E-state index is 11.8. The number of nitrogens with one attached hydrogen (secondary N) is 1. The molecule has 0 aliphatic heterocycles. The van der Waals surface area contributed by atoms with Gasteiger partial charge in [0.2, 0.25) is 0 Å². The van der Waals surface area contributed by atoms with E-state index in [1.165, 1.54) is 0 Å². The van der Waals surface area contributed by atoms with Crippen LogP contribution in [-0.2, 0) is 4.79 Å². The molecular weight excluding hydrogens is 222 g/mol. The van der Waals surface area contributed by atoms with Gasteiger partial charge in [0.05, 0.1) is 5.92 Å². The zero-order chi connectivity index (χ0) is 12.1. The number of nitrogens with zero attached hydrogens (tertiary/aromatic N) is 1. The molecule has 0 aromatic rings. The lowest BCUT2D eigenvalue weighted by Gasteiger charge is -2.16. The average Bonchev–Trinajstić information content (AvgIpc) is 2.59. The van der Waals surface area contributed by atoms with E-state index in [2.05, 4.69) is 36.6 Å². The number of hydrogen-bond acceptors (Lipinski definition) is 3. The van der Waals surface area contributed by atoms with E-state index in [4.69, 9.17) is 5.73 Å². The van der Waals surface area contributed by atoms with Crippen LogP contribution in [0.15, 0.2) is 5.10 Å². The van der Waals surface area contributed by atoms with Crippen LogP contribution < -0.4 is 11.2 Å². The molecule has 0 aromatic heterocycles. The van der Waals surface area contributed by atoms with Gasteiger partial charge in [-0.05, 0) is 36.4 Å². The van der Waals surface area contributed by atoms with Crippen molar-refractivity contribution in [3.8, 4) is 0 Å². The number of hydrazone groups is 1. The van der Waals surface area contributed by atoms with Gasteiger partial charge in [0.1, 0.15) is 5.78 Å². The van der Waals surface area contributed by atoms with E-state index >= 15 is 0 Å². The summed E-state index contributed by atoms with van der Waals surface area (Å²) in [5, 5.41) is 4.21. The molecule has 2 fully saturated rings. The molecule has 5 heteroatoms. The number of carbonyl (C=O) groups excluding carboxylic acids is 1. The van der Waals surface area contributed by atoms with Crippen LogP contribution in [0.1, 0.15) is 27.2 Å². The topological polar surface area (TPSA) is 67.5 Å². The zero-order valence-electron chi connectivity index (χ0n) is 9.78. The molecule has 88 valence electrons. The fourth-order valence-electron chi connectivity index (χ4n) is 3.09. The van der Waals surface area contributed by atoms with Gasteiger partial charge in [-0.1, -0.05) is 13.8 Å². The number of rotatable bonds is 2. The number of Topliss-reactive ketones (excluding diaryl/α,β-unsaturated/α-hetero) is 1. The molecule has 0 spiro atoms. The van der Waals surface area contributed by atoms with Crippen LogP contribution in [0.25, 0.3) is 0 Å². The van der Waals surface area contributed by atoms with Gasteiger partial charge in [-0.2, -0.15) is 5.10 Å². The predicted octanol–water partition coefficient (Wildman–Crippen LogP) is 1.06. The Morgan fingerprint density at radius 1 is 1.62 bits per heavy atom. The van der Waals surface area contributed by atoms with Gasteiger partial charge in [-0.15, -0.1) is 0 Å². The van der Waals surface area contributed by atoms with Crippen molar-refractivity contribution < 1.29 is 4.79 Å². The molecule has 0 bridgehead atoms. The lowest BCUT2D eigenvalue weighted by molar-refractivity contribution is -0.120. The second-order valence-electron chi connectivity index (χ2n) is 5.33. The SMILES string of the molecule is C/C(=N/NC(N)=S)C1C(=O)CC2C1C2(C)C. The molecule has 3 unspecified atom stereocenters. The summed E-state index contributed by atoms with van der Waals surface area (Å²) in [6.45, 7) is 6.30. The Morgan fingerprint density at radius 2 is 2.25 bits per heavy atom. The summed E-state index contributed by atoms with van der Waals surface area (Å²) in [7, 11) is 0.